The Morgan fingerprint density at radius 3 is 2.50 bits per heavy atom. The molecule has 4 aliphatic rings. The third-order valence-corrected chi connectivity index (χ3v) is 9.56. The van der Waals surface area contributed by atoms with Gasteiger partial charge >= 0.3 is 0 Å². The summed E-state index contributed by atoms with van der Waals surface area (Å²) in [6, 6.07) is 0. The first-order valence-electron chi connectivity index (χ1n) is 10.9. The van der Waals surface area contributed by atoms with Crippen molar-refractivity contribution in [1.29, 1.82) is 0 Å². The van der Waals surface area contributed by atoms with Crippen LogP contribution in [0.1, 0.15) is 64.7 Å². The number of hydrogen-bond acceptors (Lipinski definition) is 2. The lowest BCUT2D eigenvalue weighted by Gasteiger charge is -2.57. The molecule has 4 fully saturated rings. The van der Waals surface area contributed by atoms with Crippen LogP contribution in [-0.2, 0) is 9.22 Å². The molecule has 4 rings (SSSR count). The normalized spacial score (nSPS) is 48.3. The van der Waals surface area contributed by atoms with Crippen LogP contribution >= 0.6 is 0 Å². The highest BCUT2D eigenvalue weighted by atomic mass is 28.4. The van der Waals surface area contributed by atoms with E-state index in [4.69, 9.17) is 10.8 Å². The number of ketones is 1. The monoisotopic (exact) mass is 372 g/mol. The van der Waals surface area contributed by atoms with Gasteiger partial charge in [-0.25, -0.2) is 0 Å². The van der Waals surface area contributed by atoms with Crippen LogP contribution in [0.3, 0.4) is 0 Å². The molecule has 0 aromatic carbocycles. The molecular formula is C23H36O2Si. The SMILES string of the molecule is C#C[C@@]1(O[Si](C)(C)C)CC[C@H]2[C@@H]3CC[C@@H]4CC(=O)CC[C@@H]4[C@H]3CC[C@@]21C. The van der Waals surface area contributed by atoms with Crippen molar-refractivity contribution < 1.29 is 9.22 Å². The molecule has 144 valence electrons. The number of Topliss-reactive ketones (excluding diaryl/α,β-unsaturated/α-hetero) is 1. The van der Waals surface area contributed by atoms with Crippen LogP contribution in [0, 0.1) is 47.3 Å². The highest BCUT2D eigenvalue weighted by Gasteiger charge is 2.64. The van der Waals surface area contributed by atoms with Gasteiger partial charge in [-0.2, -0.15) is 0 Å². The lowest BCUT2D eigenvalue weighted by atomic mass is 9.49. The van der Waals surface area contributed by atoms with Crippen LogP contribution in [0.5, 0.6) is 0 Å². The molecule has 2 nitrogen and oxygen atoms in total. The summed E-state index contributed by atoms with van der Waals surface area (Å²) in [5.41, 5.74) is -0.201. The van der Waals surface area contributed by atoms with Crippen LogP contribution in [0.25, 0.3) is 0 Å². The fraction of sp³-hybridized carbons (Fsp3) is 0.870. The Labute approximate surface area is 161 Å². The summed E-state index contributed by atoms with van der Waals surface area (Å²) < 4.78 is 6.77. The summed E-state index contributed by atoms with van der Waals surface area (Å²) in [6.45, 7) is 9.29. The molecule has 0 aliphatic heterocycles. The van der Waals surface area contributed by atoms with Crippen molar-refractivity contribution in [2.75, 3.05) is 0 Å². The Balaban J connectivity index is 1.60. The van der Waals surface area contributed by atoms with Gasteiger partial charge < -0.3 is 4.43 Å². The highest BCUT2D eigenvalue weighted by molar-refractivity contribution is 6.69. The highest BCUT2D eigenvalue weighted by Crippen LogP contribution is 2.66. The summed E-state index contributed by atoms with van der Waals surface area (Å²) in [5.74, 6) is 7.55. The lowest BCUT2D eigenvalue weighted by Crippen LogP contribution is -2.56. The number of carbonyl (C=O) groups is 1. The van der Waals surface area contributed by atoms with E-state index >= 15 is 0 Å². The summed E-state index contributed by atoms with van der Waals surface area (Å²) in [7, 11) is -1.70. The maximum atomic E-state index is 11.9. The van der Waals surface area contributed by atoms with Crippen molar-refractivity contribution >= 4 is 14.1 Å². The predicted molar refractivity (Wildman–Crippen MR) is 108 cm³/mol. The number of rotatable bonds is 2. The minimum absolute atomic E-state index is 0.139. The molecule has 3 heteroatoms. The minimum Gasteiger partial charge on any atom is -0.401 e. The first kappa shape index (κ1) is 18.8. The van der Waals surface area contributed by atoms with E-state index in [0.717, 1.165) is 43.4 Å². The molecule has 0 amide bonds. The smallest absolute Gasteiger partial charge is 0.185 e. The summed E-state index contributed by atoms with van der Waals surface area (Å²) in [4.78, 5) is 11.9. The number of fused-ring (bicyclic) bond motifs is 5. The van der Waals surface area contributed by atoms with Crippen LogP contribution < -0.4 is 0 Å². The molecule has 0 bridgehead atoms. The molecule has 7 atom stereocenters. The zero-order valence-electron chi connectivity index (χ0n) is 17.1. The van der Waals surface area contributed by atoms with Crippen molar-refractivity contribution in [3.05, 3.63) is 0 Å². The van der Waals surface area contributed by atoms with Crippen LogP contribution in [-0.4, -0.2) is 19.7 Å². The molecule has 0 aromatic heterocycles. The molecule has 0 radical (unpaired) electrons. The van der Waals surface area contributed by atoms with Crippen molar-refractivity contribution in [2.24, 2.45) is 35.0 Å². The molecule has 26 heavy (non-hydrogen) atoms. The van der Waals surface area contributed by atoms with Crippen molar-refractivity contribution in [1.82, 2.24) is 0 Å². The molecule has 0 heterocycles. The van der Waals surface area contributed by atoms with Gasteiger partial charge in [0.05, 0.1) is 0 Å². The first-order chi connectivity index (χ1) is 12.2. The summed E-state index contributed by atoms with van der Waals surface area (Å²) in [6.07, 6.45) is 16.4. The Morgan fingerprint density at radius 2 is 1.81 bits per heavy atom. The second kappa shape index (κ2) is 6.21. The molecule has 0 unspecified atom stereocenters. The van der Waals surface area contributed by atoms with E-state index in [1.54, 1.807) is 0 Å². The van der Waals surface area contributed by atoms with Crippen LogP contribution in [0.2, 0.25) is 19.6 Å². The van der Waals surface area contributed by atoms with Gasteiger partial charge in [0, 0.05) is 18.3 Å². The maximum absolute atomic E-state index is 11.9. The average Bonchev–Trinajstić information content (AvgIpc) is 2.86. The molecule has 0 spiro atoms. The van der Waals surface area contributed by atoms with Gasteiger partial charge in [0.2, 0.25) is 0 Å². The van der Waals surface area contributed by atoms with Gasteiger partial charge in [-0.05, 0) is 94.2 Å². The van der Waals surface area contributed by atoms with Gasteiger partial charge in [-0.15, -0.1) is 6.42 Å². The topological polar surface area (TPSA) is 26.3 Å². The third-order valence-electron chi connectivity index (χ3n) is 8.60. The minimum atomic E-state index is -1.70. The third kappa shape index (κ3) is 2.75. The quantitative estimate of drug-likeness (QED) is 0.477. The van der Waals surface area contributed by atoms with E-state index in [0.29, 0.717) is 17.6 Å². The number of hydrogen-bond donors (Lipinski definition) is 0. The largest absolute Gasteiger partial charge is 0.401 e. The van der Waals surface area contributed by atoms with Crippen molar-refractivity contribution in [3.8, 4) is 12.3 Å². The Morgan fingerprint density at radius 1 is 1.04 bits per heavy atom. The molecule has 0 aromatic rings. The van der Waals surface area contributed by atoms with Crippen molar-refractivity contribution in [2.45, 2.75) is 90.0 Å². The molecule has 4 aliphatic carbocycles. The lowest BCUT2D eigenvalue weighted by molar-refractivity contribution is -0.129. The van der Waals surface area contributed by atoms with E-state index in [1.807, 2.05) is 0 Å². The van der Waals surface area contributed by atoms with Gasteiger partial charge in [0.25, 0.3) is 0 Å². The standard InChI is InChI=1S/C23H36O2Si/c1-6-23(25-26(3,4)5)14-12-21-20-9-7-16-15-17(24)8-10-18(16)19(20)11-13-22(21,23)2/h1,16,18-21H,7-15H2,2-5H3/t16-,18+,19-,20-,21+,22+,23-/m1/s1. The maximum Gasteiger partial charge on any atom is 0.185 e. The molecule has 0 N–H and O–H groups in total. The zero-order chi connectivity index (χ0) is 18.7. The fourth-order valence-corrected chi connectivity index (χ4v) is 9.05. The second-order valence-electron chi connectivity index (χ2n) is 10.9. The summed E-state index contributed by atoms with van der Waals surface area (Å²) in [5, 5.41) is 0. The number of carbonyl (C=O) groups excluding carboxylic acids is 1. The summed E-state index contributed by atoms with van der Waals surface area (Å²) >= 11 is 0. The molecular weight excluding hydrogens is 336 g/mol. The first-order valence-corrected chi connectivity index (χ1v) is 14.3. The van der Waals surface area contributed by atoms with Gasteiger partial charge in [-0.3, -0.25) is 4.79 Å². The van der Waals surface area contributed by atoms with E-state index in [2.05, 4.69) is 32.5 Å². The van der Waals surface area contributed by atoms with E-state index in [1.165, 1.54) is 32.1 Å². The van der Waals surface area contributed by atoms with Gasteiger partial charge in [-0.1, -0.05) is 12.8 Å². The Bertz CT molecular complexity index is 629. The van der Waals surface area contributed by atoms with Crippen LogP contribution in [0.4, 0.5) is 0 Å². The Kier molecular flexibility index (Phi) is 4.48. The average molecular weight is 373 g/mol. The fourth-order valence-electron chi connectivity index (χ4n) is 7.61. The van der Waals surface area contributed by atoms with Crippen LogP contribution in [0.15, 0.2) is 0 Å². The van der Waals surface area contributed by atoms with E-state index in [-0.39, 0.29) is 11.0 Å². The van der Waals surface area contributed by atoms with E-state index in [9.17, 15) is 4.79 Å². The van der Waals surface area contributed by atoms with Gasteiger partial charge in [0.1, 0.15) is 11.4 Å². The number of terminal acetylenes is 1. The molecule has 4 saturated carbocycles. The van der Waals surface area contributed by atoms with Crippen molar-refractivity contribution in [3.63, 3.8) is 0 Å². The van der Waals surface area contributed by atoms with Gasteiger partial charge in [0.15, 0.2) is 8.32 Å². The Hall–Kier alpha value is -0.593. The second-order valence-corrected chi connectivity index (χ2v) is 15.3. The zero-order valence-corrected chi connectivity index (χ0v) is 18.1. The van der Waals surface area contributed by atoms with E-state index < -0.39 is 8.32 Å². The predicted octanol–water partition coefficient (Wildman–Crippen LogP) is 5.43. The molecule has 0 saturated heterocycles.